The zero-order valence-electron chi connectivity index (χ0n) is 12.6. The van der Waals surface area contributed by atoms with E-state index in [4.69, 9.17) is 10.3 Å². The minimum atomic E-state index is -0.213. The van der Waals surface area contributed by atoms with Crippen LogP contribution in [-0.2, 0) is 7.05 Å². The van der Waals surface area contributed by atoms with E-state index < -0.39 is 0 Å². The zero-order valence-corrected chi connectivity index (χ0v) is 12.6. The van der Waals surface area contributed by atoms with Crippen LogP contribution in [0.25, 0.3) is 11.6 Å². The molecule has 1 aliphatic heterocycles. The minimum Gasteiger partial charge on any atom is -0.332 e. The van der Waals surface area contributed by atoms with Crippen molar-refractivity contribution < 1.29 is 4.52 Å². The van der Waals surface area contributed by atoms with Gasteiger partial charge in [0.05, 0.1) is 11.7 Å². The van der Waals surface area contributed by atoms with Crippen LogP contribution in [0, 0.1) is 6.92 Å². The molecular formula is C14H22N6O. The topological polar surface area (TPSA) is 86.0 Å². The predicted octanol–water partition coefficient (Wildman–Crippen LogP) is 1.26. The Morgan fingerprint density at radius 2 is 2.10 bits per heavy atom. The minimum absolute atomic E-state index is 0.213. The maximum atomic E-state index is 6.21. The van der Waals surface area contributed by atoms with E-state index in [0.717, 1.165) is 31.0 Å². The highest BCUT2D eigenvalue weighted by Gasteiger charge is 2.21. The first kappa shape index (κ1) is 14.2. The third-order valence-electron chi connectivity index (χ3n) is 3.90. The summed E-state index contributed by atoms with van der Waals surface area (Å²) in [6, 6.07) is 1.71. The standard InChI is InChI=1S/C14H22N6O/c1-10-8-12(19(2)17-10)14-16-13(18-21-14)11(15)9-20-6-4-3-5-7-20/h8,11H,3-7,9,15H2,1-2H3. The fourth-order valence-corrected chi connectivity index (χ4v) is 2.80. The molecule has 2 aromatic heterocycles. The van der Waals surface area contributed by atoms with Gasteiger partial charge >= 0.3 is 0 Å². The van der Waals surface area contributed by atoms with Crippen LogP contribution >= 0.6 is 0 Å². The van der Waals surface area contributed by atoms with Gasteiger partial charge in [-0.05, 0) is 38.9 Å². The van der Waals surface area contributed by atoms with Crippen LogP contribution in [-0.4, -0.2) is 44.5 Å². The summed E-state index contributed by atoms with van der Waals surface area (Å²) in [4.78, 5) is 6.80. The maximum Gasteiger partial charge on any atom is 0.276 e. The third-order valence-corrected chi connectivity index (χ3v) is 3.90. The molecule has 114 valence electrons. The summed E-state index contributed by atoms with van der Waals surface area (Å²) in [5.41, 5.74) is 7.95. The van der Waals surface area contributed by atoms with Crippen molar-refractivity contribution in [2.75, 3.05) is 19.6 Å². The summed E-state index contributed by atoms with van der Waals surface area (Å²) in [6.07, 6.45) is 3.81. The molecule has 0 radical (unpaired) electrons. The van der Waals surface area contributed by atoms with Crippen molar-refractivity contribution in [2.45, 2.75) is 32.2 Å². The molecule has 0 aromatic carbocycles. The normalized spacial score (nSPS) is 18.0. The summed E-state index contributed by atoms with van der Waals surface area (Å²) < 4.78 is 7.07. The number of nitrogens with two attached hydrogens (primary N) is 1. The van der Waals surface area contributed by atoms with Crippen molar-refractivity contribution in [3.05, 3.63) is 17.6 Å². The SMILES string of the molecule is Cc1cc(-c2nc(C(N)CN3CCCCC3)no2)n(C)n1. The molecule has 0 saturated carbocycles. The Morgan fingerprint density at radius 3 is 2.76 bits per heavy atom. The largest absolute Gasteiger partial charge is 0.332 e. The molecular weight excluding hydrogens is 268 g/mol. The maximum absolute atomic E-state index is 6.21. The first-order chi connectivity index (χ1) is 10.1. The molecule has 2 aromatic rings. The molecule has 0 aliphatic carbocycles. The van der Waals surface area contributed by atoms with Crippen LogP contribution < -0.4 is 5.73 Å². The number of hydrogen-bond acceptors (Lipinski definition) is 6. The third kappa shape index (κ3) is 3.14. The van der Waals surface area contributed by atoms with E-state index in [9.17, 15) is 0 Å². The van der Waals surface area contributed by atoms with E-state index >= 15 is 0 Å². The molecule has 1 aliphatic rings. The molecule has 7 nitrogen and oxygen atoms in total. The molecule has 1 fully saturated rings. The average molecular weight is 290 g/mol. The molecule has 2 N–H and O–H groups in total. The molecule has 21 heavy (non-hydrogen) atoms. The van der Waals surface area contributed by atoms with Crippen LogP contribution in [0.1, 0.15) is 36.8 Å². The predicted molar refractivity (Wildman–Crippen MR) is 78.5 cm³/mol. The highest BCUT2D eigenvalue weighted by molar-refractivity contribution is 5.47. The van der Waals surface area contributed by atoms with E-state index in [-0.39, 0.29) is 6.04 Å². The molecule has 0 amide bonds. The van der Waals surface area contributed by atoms with Gasteiger partial charge in [-0.3, -0.25) is 4.68 Å². The van der Waals surface area contributed by atoms with Gasteiger partial charge in [-0.25, -0.2) is 0 Å². The van der Waals surface area contributed by atoms with Crippen LogP contribution in [0.3, 0.4) is 0 Å². The number of aromatic nitrogens is 4. The quantitative estimate of drug-likeness (QED) is 0.912. The lowest BCUT2D eigenvalue weighted by Gasteiger charge is -2.27. The van der Waals surface area contributed by atoms with Gasteiger partial charge in [-0.1, -0.05) is 11.6 Å². The molecule has 1 unspecified atom stereocenters. The molecule has 3 heterocycles. The summed E-state index contributed by atoms with van der Waals surface area (Å²) >= 11 is 0. The van der Waals surface area contributed by atoms with Gasteiger partial charge in [-0.15, -0.1) is 0 Å². The fraction of sp³-hybridized carbons (Fsp3) is 0.643. The lowest BCUT2D eigenvalue weighted by atomic mass is 10.1. The second-order valence-electron chi connectivity index (χ2n) is 5.72. The highest BCUT2D eigenvalue weighted by atomic mass is 16.5. The molecule has 7 heteroatoms. The van der Waals surface area contributed by atoms with Gasteiger partial charge in [0.2, 0.25) is 0 Å². The fourth-order valence-electron chi connectivity index (χ4n) is 2.80. The number of aryl methyl sites for hydroxylation is 2. The Hall–Kier alpha value is -1.73. The number of likely N-dealkylation sites (tertiary alicyclic amines) is 1. The number of hydrogen-bond donors (Lipinski definition) is 1. The van der Waals surface area contributed by atoms with Gasteiger partial charge in [-0.2, -0.15) is 10.1 Å². The second-order valence-corrected chi connectivity index (χ2v) is 5.72. The van der Waals surface area contributed by atoms with E-state index in [0.29, 0.717) is 11.7 Å². The lowest BCUT2D eigenvalue weighted by molar-refractivity contribution is 0.213. The number of piperidine rings is 1. The van der Waals surface area contributed by atoms with Gasteiger partial charge in [0.25, 0.3) is 5.89 Å². The lowest BCUT2D eigenvalue weighted by Crippen LogP contribution is -2.36. The number of rotatable bonds is 4. The first-order valence-electron chi connectivity index (χ1n) is 7.46. The van der Waals surface area contributed by atoms with Crippen LogP contribution in [0.4, 0.5) is 0 Å². The van der Waals surface area contributed by atoms with E-state index in [1.807, 2.05) is 20.0 Å². The summed E-state index contributed by atoms with van der Waals surface area (Å²) in [5.74, 6) is 1.04. The summed E-state index contributed by atoms with van der Waals surface area (Å²) in [6.45, 7) is 4.94. The van der Waals surface area contributed by atoms with Gasteiger partial charge < -0.3 is 15.2 Å². The second kappa shape index (κ2) is 5.95. The molecule has 0 spiro atoms. The van der Waals surface area contributed by atoms with Crippen molar-refractivity contribution in [1.82, 2.24) is 24.8 Å². The van der Waals surface area contributed by atoms with Crippen molar-refractivity contribution in [3.63, 3.8) is 0 Å². The Morgan fingerprint density at radius 1 is 1.33 bits per heavy atom. The van der Waals surface area contributed by atoms with Gasteiger partial charge in [0.15, 0.2) is 5.82 Å². The van der Waals surface area contributed by atoms with Crippen molar-refractivity contribution >= 4 is 0 Å². The molecule has 1 atom stereocenters. The smallest absolute Gasteiger partial charge is 0.276 e. The van der Waals surface area contributed by atoms with Crippen LogP contribution in [0.2, 0.25) is 0 Å². The highest BCUT2D eigenvalue weighted by Crippen LogP contribution is 2.20. The Kier molecular flexibility index (Phi) is 4.03. The molecule has 0 bridgehead atoms. The summed E-state index contributed by atoms with van der Waals surface area (Å²) in [7, 11) is 1.86. The number of nitrogens with zero attached hydrogens (tertiary/aromatic N) is 5. The zero-order chi connectivity index (χ0) is 14.8. The van der Waals surface area contributed by atoms with Gasteiger partial charge in [0.1, 0.15) is 5.69 Å². The van der Waals surface area contributed by atoms with Crippen molar-refractivity contribution in [2.24, 2.45) is 12.8 Å². The van der Waals surface area contributed by atoms with Crippen molar-refractivity contribution in [3.8, 4) is 11.6 Å². The van der Waals surface area contributed by atoms with Crippen LogP contribution in [0.5, 0.6) is 0 Å². The van der Waals surface area contributed by atoms with Gasteiger partial charge in [0, 0.05) is 13.6 Å². The van der Waals surface area contributed by atoms with E-state index in [1.165, 1.54) is 19.3 Å². The average Bonchev–Trinajstić information content (AvgIpc) is 3.06. The van der Waals surface area contributed by atoms with E-state index in [1.54, 1.807) is 4.68 Å². The van der Waals surface area contributed by atoms with E-state index in [2.05, 4.69) is 20.1 Å². The first-order valence-corrected chi connectivity index (χ1v) is 7.46. The van der Waals surface area contributed by atoms with Crippen LogP contribution in [0.15, 0.2) is 10.6 Å². The monoisotopic (exact) mass is 290 g/mol. The Balaban J connectivity index is 1.70. The summed E-state index contributed by atoms with van der Waals surface area (Å²) in [5, 5.41) is 8.31. The molecule has 3 rings (SSSR count). The van der Waals surface area contributed by atoms with Crippen molar-refractivity contribution in [1.29, 1.82) is 0 Å². The Labute approximate surface area is 124 Å². The molecule has 1 saturated heterocycles. The Bertz CT molecular complexity index is 598.